The quantitative estimate of drug-likeness (QED) is 0.664. The molecule has 2 rings (SSSR count). The van der Waals surface area contributed by atoms with Gasteiger partial charge in [-0.1, -0.05) is 26.8 Å². The third-order valence-electron chi connectivity index (χ3n) is 3.25. The van der Waals surface area contributed by atoms with Crippen molar-refractivity contribution in [2.45, 2.75) is 39.5 Å². The van der Waals surface area contributed by atoms with Crippen LogP contribution in [0, 0.1) is 5.41 Å². The molecule has 1 aliphatic rings. The highest BCUT2D eigenvalue weighted by Crippen LogP contribution is 2.45. The van der Waals surface area contributed by atoms with Gasteiger partial charge in [0.1, 0.15) is 5.75 Å². The summed E-state index contributed by atoms with van der Waals surface area (Å²) in [6.45, 7) is 6.82. The third-order valence-corrected chi connectivity index (χ3v) is 3.25. The van der Waals surface area contributed by atoms with Crippen molar-refractivity contribution in [1.82, 2.24) is 0 Å². The SMILES string of the molecule is CC(C)(C)C1CCc2ccc(O)cc21. The fourth-order valence-corrected chi connectivity index (χ4v) is 2.49. The van der Waals surface area contributed by atoms with E-state index >= 15 is 0 Å². The molecule has 1 aromatic carbocycles. The number of aromatic hydroxyl groups is 1. The Balaban J connectivity index is 2.43. The van der Waals surface area contributed by atoms with Gasteiger partial charge in [0, 0.05) is 0 Å². The summed E-state index contributed by atoms with van der Waals surface area (Å²) in [5.41, 5.74) is 3.08. The number of phenols is 1. The van der Waals surface area contributed by atoms with Gasteiger partial charge >= 0.3 is 0 Å². The Labute approximate surface area is 85.8 Å². The van der Waals surface area contributed by atoms with E-state index in [1.54, 1.807) is 6.07 Å². The number of hydrogen-bond donors (Lipinski definition) is 1. The summed E-state index contributed by atoms with van der Waals surface area (Å²) >= 11 is 0. The lowest BCUT2D eigenvalue weighted by Crippen LogP contribution is -2.15. The molecule has 0 spiro atoms. The summed E-state index contributed by atoms with van der Waals surface area (Å²) in [6.07, 6.45) is 2.39. The molecule has 1 nitrogen and oxygen atoms in total. The number of hydrogen-bond acceptors (Lipinski definition) is 1. The third kappa shape index (κ3) is 1.52. The Hall–Kier alpha value is -0.980. The summed E-state index contributed by atoms with van der Waals surface area (Å²) in [4.78, 5) is 0. The average Bonchev–Trinajstić information content (AvgIpc) is 2.45. The van der Waals surface area contributed by atoms with Crippen molar-refractivity contribution in [2.24, 2.45) is 5.41 Å². The molecule has 0 aliphatic heterocycles. The van der Waals surface area contributed by atoms with E-state index in [-0.39, 0.29) is 0 Å². The van der Waals surface area contributed by atoms with E-state index in [0.717, 1.165) is 6.42 Å². The smallest absolute Gasteiger partial charge is 0.115 e. The Morgan fingerprint density at radius 3 is 2.64 bits per heavy atom. The molecule has 0 heterocycles. The van der Waals surface area contributed by atoms with E-state index in [0.29, 0.717) is 17.1 Å². The Bertz CT molecular complexity index is 347. The van der Waals surface area contributed by atoms with Crippen LogP contribution in [0.3, 0.4) is 0 Å². The van der Waals surface area contributed by atoms with E-state index < -0.39 is 0 Å². The van der Waals surface area contributed by atoms with Crippen molar-refractivity contribution in [3.8, 4) is 5.75 Å². The standard InChI is InChI=1S/C13H18O/c1-13(2,3)12-7-5-9-4-6-10(14)8-11(9)12/h4,6,8,12,14H,5,7H2,1-3H3. The van der Waals surface area contributed by atoms with Crippen LogP contribution in [-0.2, 0) is 6.42 Å². The highest BCUT2D eigenvalue weighted by Gasteiger charge is 2.32. The molecule has 0 aromatic heterocycles. The van der Waals surface area contributed by atoms with Gasteiger partial charge < -0.3 is 5.11 Å². The van der Waals surface area contributed by atoms with Crippen LogP contribution >= 0.6 is 0 Å². The van der Waals surface area contributed by atoms with Crippen molar-refractivity contribution in [3.63, 3.8) is 0 Å². The molecule has 14 heavy (non-hydrogen) atoms. The molecule has 1 aromatic rings. The summed E-state index contributed by atoms with van der Waals surface area (Å²) in [5.74, 6) is 1.00. The van der Waals surface area contributed by atoms with Crippen LogP contribution in [0.5, 0.6) is 5.75 Å². The van der Waals surface area contributed by atoms with Crippen LogP contribution in [0.4, 0.5) is 0 Å². The molecular formula is C13H18O. The molecule has 0 saturated heterocycles. The zero-order valence-electron chi connectivity index (χ0n) is 9.17. The zero-order valence-corrected chi connectivity index (χ0v) is 9.17. The minimum absolute atomic E-state index is 0.305. The van der Waals surface area contributed by atoms with Crippen LogP contribution in [0.25, 0.3) is 0 Å². The van der Waals surface area contributed by atoms with E-state index in [1.165, 1.54) is 17.5 Å². The van der Waals surface area contributed by atoms with Gasteiger partial charge in [-0.05, 0) is 47.4 Å². The fraction of sp³-hybridized carbons (Fsp3) is 0.538. The number of fused-ring (bicyclic) bond motifs is 1. The predicted molar refractivity (Wildman–Crippen MR) is 58.6 cm³/mol. The summed E-state index contributed by atoms with van der Waals surface area (Å²) in [7, 11) is 0. The van der Waals surface area contributed by atoms with Crippen molar-refractivity contribution < 1.29 is 5.11 Å². The second-order valence-electron chi connectivity index (χ2n) is 5.34. The minimum Gasteiger partial charge on any atom is -0.508 e. The molecule has 1 N–H and O–H groups in total. The van der Waals surface area contributed by atoms with Crippen LogP contribution in [0.1, 0.15) is 44.2 Å². The first-order chi connectivity index (χ1) is 6.48. The lowest BCUT2D eigenvalue weighted by Gasteiger charge is -2.27. The minimum atomic E-state index is 0.305. The van der Waals surface area contributed by atoms with Gasteiger partial charge in [0.05, 0.1) is 0 Å². The molecular weight excluding hydrogens is 172 g/mol. The van der Waals surface area contributed by atoms with Gasteiger partial charge in [-0.25, -0.2) is 0 Å². The highest BCUT2D eigenvalue weighted by molar-refractivity contribution is 5.41. The van der Waals surface area contributed by atoms with Crippen molar-refractivity contribution in [1.29, 1.82) is 0 Å². The summed E-state index contributed by atoms with van der Waals surface area (Å²) in [6, 6.07) is 5.80. The first-order valence-electron chi connectivity index (χ1n) is 5.30. The van der Waals surface area contributed by atoms with Crippen LogP contribution < -0.4 is 0 Å². The van der Waals surface area contributed by atoms with E-state index in [4.69, 9.17) is 0 Å². The van der Waals surface area contributed by atoms with Gasteiger partial charge in [-0.2, -0.15) is 0 Å². The lowest BCUT2D eigenvalue weighted by molar-refractivity contribution is 0.318. The van der Waals surface area contributed by atoms with Gasteiger partial charge in [-0.3, -0.25) is 0 Å². The Morgan fingerprint density at radius 1 is 1.29 bits per heavy atom. The molecule has 0 amide bonds. The predicted octanol–water partition coefficient (Wildman–Crippen LogP) is 3.47. The van der Waals surface area contributed by atoms with Gasteiger partial charge in [-0.15, -0.1) is 0 Å². The topological polar surface area (TPSA) is 20.2 Å². The van der Waals surface area contributed by atoms with Crippen molar-refractivity contribution in [3.05, 3.63) is 29.3 Å². The molecule has 76 valence electrons. The van der Waals surface area contributed by atoms with Crippen LogP contribution in [0.2, 0.25) is 0 Å². The molecule has 1 atom stereocenters. The average molecular weight is 190 g/mol. The van der Waals surface area contributed by atoms with Crippen LogP contribution in [-0.4, -0.2) is 5.11 Å². The molecule has 1 heteroatoms. The van der Waals surface area contributed by atoms with Gasteiger partial charge in [0.25, 0.3) is 0 Å². The first kappa shape index (κ1) is 9.57. The normalized spacial score (nSPS) is 20.9. The number of aryl methyl sites for hydroxylation is 1. The Kier molecular flexibility index (Phi) is 2.06. The zero-order chi connectivity index (χ0) is 10.3. The molecule has 1 unspecified atom stereocenters. The van der Waals surface area contributed by atoms with Gasteiger partial charge in [0.15, 0.2) is 0 Å². The van der Waals surface area contributed by atoms with Crippen LogP contribution in [0.15, 0.2) is 18.2 Å². The maximum absolute atomic E-state index is 9.48. The van der Waals surface area contributed by atoms with E-state index in [1.807, 2.05) is 6.07 Å². The number of phenolic OH excluding ortho intramolecular Hbond substituents is 1. The highest BCUT2D eigenvalue weighted by atomic mass is 16.3. The Morgan fingerprint density at radius 2 is 2.00 bits per heavy atom. The van der Waals surface area contributed by atoms with E-state index in [9.17, 15) is 5.11 Å². The number of rotatable bonds is 0. The molecule has 1 aliphatic carbocycles. The molecule has 0 bridgehead atoms. The van der Waals surface area contributed by atoms with Crippen molar-refractivity contribution in [2.75, 3.05) is 0 Å². The maximum Gasteiger partial charge on any atom is 0.115 e. The first-order valence-corrected chi connectivity index (χ1v) is 5.30. The largest absolute Gasteiger partial charge is 0.508 e. The van der Waals surface area contributed by atoms with E-state index in [2.05, 4.69) is 26.8 Å². The maximum atomic E-state index is 9.48. The monoisotopic (exact) mass is 190 g/mol. The molecule has 0 fully saturated rings. The second kappa shape index (κ2) is 3.01. The lowest BCUT2D eigenvalue weighted by atomic mass is 9.77. The fourth-order valence-electron chi connectivity index (χ4n) is 2.49. The number of benzene rings is 1. The van der Waals surface area contributed by atoms with Gasteiger partial charge in [0.2, 0.25) is 0 Å². The molecule has 0 saturated carbocycles. The summed E-state index contributed by atoms with van der Waals surface area (Å²) in [5, 5.41) is 9.48. The molecule has 0 radical (unpaired) electrons. The summed E-state index contributed by atoms with van der Waals surface area (Å²) < 4.78 is 0. The second-order valence-corrected chi connectivity index (χ2v) is 5.34. The van der Waals surface area contributed by atoms with Crippen molar-refractivity contribution >= 4 is 0 Å².